The van der Waals surface area contributed by atoms with Gasteiger partial charge >= 0.3 is 0 Å². The van der Waals surface area contributed by atoms with Gasteiger partial charge in [-0.2, -0.15) is 0 Å². The summed E-state index contributed by atoms with van der Waals surface area (Å²) < 4.78 is 18.8. The van der Waals surface area contributed by atoms with E-state index < -0.39 is 17.6 Å². The topological polar surface area (TPSA) is 67.4 Å². The van der Waals surface area contributed by atoms with Gasteiger partial charge in [-0.1, -0.05) is 11.6 Å². The zero-order chi connectivity index (χ0) is 17.0. The Hall–Kier alpha value is -2.60. The van der Waals surface area contributed by atoms with Crippen molar-refractivity contribution in [2.75, 3.05) is 19.5 Å². The van der Waals surface area contributed by atoms with Crippen molar-refractivity contribution < 1.29 is 18.7 Å². The number of carbonyl (C=O) groups excluding carboxylic acids is 2. The molecule has 0 aliphatic carbocycles. The normalized spacial score (nSPS) is 10.1. The quantitative estimate of drug-likeness (QED) is 0.901. The lowest BCUT2D eigenvalue weighted by molar-refractivity contribution is 0.0963. The minimum absolute atomic E-state index is 0.197. The first-order valence-corrected chi connectivity index (χ1v) is 7.00. The molecule has 2 aromatic carbocycles. The van der Waals surface area contributed by atoms with Crippen molar-refractivity contribution in [1.82, 2.24) is 5.32 Å². The van der Waals surface area contributed by atoms with Crippen molar-refractivity contribution in [1.29, 1.82) is 0 Å². The summed E-state index contributed by atoms with van der Waals surface area (Å²) in [6.07, 6.45) is 0. The zero-order valence-corrected chi connectivity index (χ0v) is 13.2. The molecule has 5 nitrogen and oxygen atoms in total. The smallest absolute Gasteiger partial charge is 0.258 e. The summed E-state index contributed by atoms with van der Waals surface area (Å²) in [6.45, 7) is 0. The lowest BCUT2D eigenvalue weighted by Gasteiger charge is -2.12. The van der Waals surface area contributed by atoms with Crippen molar-refractivity contribution in [2.45, 2.75) is 0 Å². The molecule has 0 heterocycles. The van der Waals surface area contributed by atoms with Crippen LogP contribution >= 0.6 is 11.6 Å². The van der Waals surface area contributed by atoms with Crippen molar-refractivity contribution in [3.8, 4) is 5.75 Å². The van der Waals surface area contributed by atoms with Crippen LogP contribution in [0.2, 0.25) is 5.02 Å². The highest BCUT2D eigenvalue weighted by molar-refractivity contribution is 6.31. The van der Waals surface area contributed by atoms with Gasteiger partial charge in [-0.3, -0.25) is 9.59 Å². The van der Waals surface area contributed by atoms with Gasteiger partial charge in [0.15, 0.2) is 0 Å². The summed E-state index contributed by atoms with van der Waals surface area (Å²) >= 11 is 5.78. The van der Waals surface area contributed by atoms with E-state index in [-0.39, 0.29) is 21.8 Å². The Kier molecular flexibility index (Phi) is 5.18. The third kappa shape index (κ3) is 3.78. The van der Waals surface area contributed by atoms with Crippen LogP contribution in [0.15, 0.2) is 36.4 Å². The third-order valence-electron chi connectivity index (χ3n) is 3.12. The van der Waals surface area contributed by atoms with Crippen LogP contribution in [0, 0.1) is 5.82 Å². The van der Waals surface area contributed by atoms with Crippen molar-refractivity contribution >= 4 is 29.1 Å². The average molecular weight is 337 g/mol. The van der Waals surface area contributed by atoms with Crippen molar-refractivity contribution in [2.24, 2.45) is 0 Å². The fraction of sp³-hybridized carbons (Fsp3) is 0.125. The predicted molar refractivity (Wildman–Crippen MR) is 85.7 cm³/mol. The molecule has 0 saturated heterocycles. The molecule has 0 atom stereocenters. The number of anilines is 1. The maximum absolute atomic E-state index is 13.7. The summed E-state index contributed by atoms with van der Waals surface area (Å²) in [5.74, 6) is -1.37. The maximum atomic E-state index is 13.7. The molecule has 0 bridgehead atoms. The highest BCUT2D eigenvalue weighted by Crippen LogP contribution is 2.23. The molecule has 0 aliphatic rings. The Labute approximate surface area is 137 Å². The van der Waals surface area contributed by atoms with Crippen molar-refractivity contribution in [3.05, 3.63) is 58.4 Å². The molecular weight excluding hydrogens is 323 g/mol. The SMILES string of the molecule is CNC(=O)c1cc(OC)ccc1NC(=O)c1cc(Cl)ccc1F. The summed E-state index contributed by atoms with van der Waals surface area (Å²) in [4.78, 5) is 24.2. The van der Waals surface area contributed by atoms with Crippen LogP contribution in [0.4, 0.5) is 10.1 Å². The van der Waals surface area contributed by atoms with Gasteiger partial charge in [-0.15, -0.1) is 0 Å². The second kappa shape index (κ2) is 7.11. The number of ether oxygens (including phenoxy) is 1. The number of carbonyl (C=O) groups is 2. The number of amides is 2. The first kappa shape index (κ1) is 16.8. The van der Waals surface area contributed by atoms with Gasteiger partial charge in [0.05, 0.1) is 23.9 Å². The third-order valence-corrected chi connectivity index (χ3v) is 3.35. The minimum Gasteiger partial charge on any atom is -0.497 e. The number of hydrogen-bond donors (Lipinski definition) is 2. The first-order valence-electron chi connectivity index (χ1n) is 6.62. The van der Waals surface area contributed by atoms with Gasteiger partial charge in [0, 0.05) is 12.1 Å². The van der Waals surface area contributed by atoms with Gasteiger partial charge in [0.1, 0.15) is 11.6 Å². The first-order chi connectivity index (χ1) is 11.0. The van der Waals surface area contributed by atoms with Gasteiger partial charge in [-0.25, -0.2) is 4.39 Å². The van der Waals surface area contributed by atoms with E-state index >= 15 is 0 Å². The van der Waals surface area contributed by atoms with Crippen LogP contribution in [-0.4, -0.2) is 26.0 Å². The lowest BCUT2D eigenvalue weighted by atomic mass is 10.1. The van der Waals surface area contributed by atoms with Gasteiger partial charge in [0.2, 0.25) is 0 Å². The van der Waals surface area contributed by atoms with E-state index in [1.54, 1.807) is 6.07 Å². The number of methoxy groups -OCH3 is 1. The summed E-state index contributed by atoms with van der Waals surface area (Å²) in [5.41, 5.74) is 0.216. The Bertz CT molecular complexity index is 765. The number of nitrogens with one attached hydrogen (secondary N) is 2. The molecule has 0 spiro atoms. The number of hydrogen-bond acceptors (Lipinski definition) is 3. The Morgan fingerprint density at radius 1 is 1.09 bits per heavy atom. The van der Waals surface area contributed by atoms with Crippen LogP contribution in [0.5, 0.6) is 5.75 Å². The fourth-order valence-corrected chi connectivity index (χ4v) is 2.12. The highest BCUT2D eigenvalue weighted by Gasteiger charge is 2.17. The molecule has 0 radical (unpaired) electrons. The predicted octanol–water partition coefficient (Wildman–Crippen LogP) is 3.10. The van der Waals surface area contributed by atoms with E-state index in [1.807, 2.05) is 0 Å². The summed E-state index contributed by atoms with van der Waals surface area (Å²) in [5, 5.41) is 5.21. The van der Waals surface area contributed by atoms with Crippen molar-refractivity contribution in [3.63, 3.8) is 0 Å². The van der Waals surface area contributed by atoms with Gasteiger partial charge < -0.3 is 15.4 Å². The number of halogens is 2. The number of rotatable bonds is 4. The Balaban J connectivity index is 2.37. The van der Waals surface area contributed by atoms with Gasteiger partial charge in [0.25, 0.3) is 11.8 Å². The second-order valence-corrected chi connectivity index (χ2v) is 5.01. The highest BCUT2D eigenvalue weighted by atomic mass is 35.5. The molecule has 0 saturated carbocycles. The molecule has 2 amide bonds. The van der Waals surface area contributed by atoms with E-state index in [0.717, 1.165) is 6.07 Å². The van der Waals surface area contributed by atoms with Crippen LogP contribution in [0.3, 0.4) is 0 Å². The molecule has 0 unspecified atom stereocenters. The van der Waals surface area contributed by atoms with E-state index in [2.05, 4.69) is 10.6 Å². The molecule has 2 aromatic rings. The lowest BCUT2D eigenvalue weighted by Crippen LogP contribution is -2.22. The van der Waals surface area contributed by atoms with Crippen LogP contribution in [0.25, 0.3) is 0 Å². The molecule has 2 N–H and O–H groups in total. The van der Waals surface area contributed by atoms with E-state index in [4.69, 9.17) is 16.3 Å². The second-order valence-electron chi connectivity index (χ2n) is 4.57. The van der Waals surface area contributed by atoms with E-state index in [0.29, 0.717) is 5.75 Å². The van der Waals surface area contributed by atoms with E-state index in [9.17, 15) is 14.0 Å². The molecule has 0 aromatic heterocycles. The molecular formula is C16H14ClFN2O3. The number of benzene rings is 2. The summed E-state index contributed by atoms with van der Waals surface area (Å²) in [6, 6.07) is 8.22. The van der Waals surface area contributed by atoms with E-state index in [1.165, 1.54) is 38.4 Å². The monoisotopic (exact) mass is 336 g/mol. The largest absolute Gasteiger partial charge is 0.497 e. The molecule has 0 aliphatic heterocycles. The molecule has 0 fully saturated rings. The minimum atomic E-state index is -0.708. The van der Waals surface area contributed by atoms with Crippen LogP contribution < -0.4 is 15.4 Å². The Morgan fingerprint density at radius 2 is 1.83 bits per heavy atom. The molecule has 120 valence electrons. The fourth-order valence-electron chi connectivity index (χ4n) is 1.94. The zero-order valence-electron chi connectivity index (χ0n) is 12.4. The molecule has 23 heavy (non-hydrogen) atoms. The standard InChI is InChI=1S/C16H14ClFN2O3/c1-19-15(21)12-8-10(23-2)4-6-14(12)20-16(22)11-7-9(17)3-5-13(11)18/h3-8H,1-2H3,(H,19,21)(H,20,22). The Morgan fingerprint density at radius 3 is 2.48 bits per heavy atom. The molecule has 2 rings (SSSR count). The average Bonchev–Trinajstić information content (AvgIpc) is 2.56. The maximum Gasteiger partial charge on any atom is 0.258 e. The molecule has 7 heteroatoms. The van der Waals surface area contributed by atoms with Crippen LogP contribution in [0.1, 0.15) is 20.7 Å². The van der Waals surface area contributed by atoms with Gasteiger partial charge in [-0.05, 0) is 36.4 Å². The summed E-state index contributed by atoms with van der Waals surface area (Å²) in [7, 11) is 2.92. The van der Waals surface area contributed by atoms with Crippen LogP contribution in [-0.2, 0) is 0 Å².